The Morgan fingerprint density at radius 1 is 1.00 bits per heavy atom. The summed E-state index contributed by atoms with van der Waals surface area (Å²) in [5, 5.41) is 6.48. The van der Waals surface area contributed by atoms with Gasteiger partial charge in [-0.1, -0.05) is 54.5 Å². The molecule has 33 heavy (non-hydrogen) atoms. The molecule has 2 N–H and O–H groups in total. The van der Waals surface area contributed by atoms with E-state index < -0.39 is 17.0 Å². The van der Waals surface area contributed by atoms with E-state index in [1.165, 1.54) is 0 Å². The fourth-order valence-electron chi connectivity index (χ4n) is 3.98. The minimum atomic E-state index is -0.742. The number of hydrogen-bond acceptors (Lipinski definition) is 5. The summed E-state index contributed by atoms with van der Waals surface area (Å²) in [4.78, 5) is 41.0. The lowest BCUT2D eigenvalue weighted by Crippen LogP contribution is -2.64. The molecule has 0 aliphatic heterocycles. The Balaban J connectivity index is 6.06. The fraction of sp³-hybridized carbons (Fsp3) is 0.808. The first-order valence-electron chi connectivity index (χ1n) is 12.3. The Labute approximate surface area is 202 Å². The summed E-state index contributed by atoms with van der Waals surface area (Å²) >= 11 is 0. The molecule has 0 heterocycles. The van der Waals surface area contributed by atoms with Crippen LogP contribution in [-0.4, -0.2) is 60.0 Å². The van der Waals surface area contributed by atoms with Crippen molar-refractivity contribution in [2.45, 2.75) is 113 Å². The highest BCUT2D eigenvalue weighted by atomic mass is 16.5. The van der Waals surface area contributed by atoms with E-state index in [0.717, 1.165) is 0 Å². The maximum Gasteiger partial charge on any atom is 0.333 e. The third-order valence-corrected chi connectivity index (χ3v) is 6.09. The molecular formula is C26H49N3O4. The number of nitrogens with zero attached hydrogens (tertiary/aromatic N) is 1. The van der Waals surface area contributed by atoms with Crippen molar-refractivity contribution in [1.82, 2.24) is 15.5 Å². The molecule has 0 rings (SSSR count). The topological polar surface area (TPSA) is 87.7 Å². The first kappa shape index (κ1) is 31.1. The molecule has 2 amide bonds. The van der Waals surface area contributed by atoms with Crippen molar-refractivity contribution in [1.29, 1.82) is 0 Å². The van der Waals surface area contributed by atoms with E-state index in [2.05, 4.69) is 10.6 Å². The Morgan fingerprint density at radius 3 is 1.88 bits per heavy atom. The van der Waals surface area contributed by atoms with Crippen LogP contribution in [0.2, 0.25) is 0 Å². The Hall–Kier alpha value is -1.89. The van der Waals surface area contributed by atoms with E-state index in [-0.39, 0.29) is 35.8 Å². The molecule has 0 saturated heterocycles. The van der Waals surface area contributed by atoms with E-state index in [9.17, 15) is 14.4 Å². The quantitative estimate of drug-likeness (QED) is 0.334. The monoisotopic (exact) mass is 467 g/mol. The predicted octanol–water partition coefficient (Wildman–Crippen LogP) is 4.07. The number of likely N-dealkylation sites (N-methyl/N-ethyl adjacent to an activating group) is 1. The highest BCUT2D eigenvalue weighted by Gasteiger charge is 2.42. The standard InChI is InChI=1S/C26H49N3O4/c1-13-26(14-2,28-18(6)7)24(32)27-21(25(9,10)11)22(30)29(12)20(17(4)5)16-19(8)23(31)33-15-3/h16-18,20-21,28H,13-15H2,1-12H3,(H,27,32)/b19-16+. The van der Waals surface area contributed by atoms with Gasteiger partial charge in [0, 0.05) is 18.7 Å². The molecule has 2 atom stereocenters. The average Bonchev–Trinajstić information content (AvgIpc) is 2.71. The lowest BCUT2D eigenvalue weighted by atomic mass is 9.83. The van der Waals surface area contributed by atoms with Crippen LogP contribution in [0, 0.1) is 11.3 Å². The van der Waals surface area contributed by atoms with Gasteiger partial charge in [-0.25, -0.2) is 4.79 Å². The van der Waals surface area contributed by atoms with Crippen LogP contribution >= 0.6 is 0 Å². The van der Waals surface area contributed by atoms with Crippen LogP contribution in [0.15, 0.2) is 11.6 Å². The van der Waals surface area contributed by atoms with Crippen LogP contribution in [0.1, 0.15) is 89.0 Å². The van der Waals surface area contributed by atoms with Crippen molar-refractivity contribution in [3.05, 3.63) is 11.6 Å². The molecule has 0 aromatic carbocycles. The van der Waals surface area contributed by atoms with Gasteiger partial charge < -0.3 is 20.3 Å². The largest absolute Gasteiger partial charge is 0.463 e. The van der Waals surface area contributed by atoms with Crippen LogP contribution in [0.3, 0.4) is 0 Å². The number of rotatable bonds is 12. The van der Waals surface area contributed by atoms with Crippen molar-refractivity contribution in [2.75, 3.05) is 13.7 Å². The molecular weight excluding hydrogens is 418 g/mol. The minimum absolute atomic E-state index is 0.0626. The van der Waals surface area contributed by atoms with E-state index >= 15 is 0 Å². The second-order valence-electron chi connectivity index (χ2n) is 10.6. The van der Waals surface area contributed by atoms with Crippen LogP contribution in [0.25, 0.3) is 0 Å². The summed E-state index contributed by atoms with van der Waals surface area (Å²) in [5.74, 6) is -0.678. The number of ether oxygens (including phenoxy) is 1. The van der Waals surface area contributed by atoms with Gasteiger partial charge in [0.25, 0.3) is 0 Å². The summed E-state index contributed by atoms with van der Waals surface area (Å²) in [6, 6.07) is -0.915. The molecule has 7 heteroatoms. The molecule has 0 aliphatic rings. The van der Waals surface area contributed by atoms with E-state index in [1.54, 1.807) is 31.9 Å². The van der Waals surface area contributed by atoms with E-state index in [0.29, 0.717) is 25.0 Å². The third kappa shape index (κ3) is 8.76. The lowest BCUT2D eigenvalue weighted by molar-refractivity contribution is -0.142. The Morgan fingerprint density at radius 2 is 1.52 bits per heavy atom. The molecule has 0 radical (unpaired) electrons. The van der Waals surface area contributed by atoms with Gasteiger partial charge in [0.1, 0.15) is 6.04 Å². The molecule has 0 aliphatic carbocycles. The Kier molecular flexibility index (Phi) is 12.4. The molecule has 0 bridgehead atoms. The maximum atomic E-state index is 13.7. The van der Waals surface area contributed by atoms with Crippen LogP contribution < -0.4 is 10.6 Å². The average molecular weight is 468 g/mol. The Bertz CT molecular complexity index is 688. The number of carbonyl (C=O) groups excluding carboxylic acids is 3. The smallest absolute Gasteiger partial charge is 0.333 e. The molecule has 0 fully saturated rings. The van der Waals surface area contributed by atoms with Crippen molar-refractivity contribution < 1.29 is 19.1 Å². The molecule has 0 saturated carbocycles. The van der Waals surface area contributed by atoms with Crippen molar-refractivity contribution in [3.63, 3.8) is 0 Å². The number of carbonyl (C=O) groups is 3. The van der Waals surface area contributed by atoms with Gasteiger partial charge >= 0.3 is 5.97 Å². The van der Waals surface area contributed by atoms with Gasteiger partial charge in [0.15, 0.2) is 0 Å². The minimum Gasteiger partial charge on any atom is -0.463 e. The number of amides is 2. The summed E-state index contributed by atoms with van der Waals surface area (Å²) in [7, 11) is 1.73. The summed E-state index contributed by atoms with van der Waals surface area (Å²) in [5.41, 5.74) is -0.786. The third-order valence-electron chi connectivity index (χ3n) is 6.09. The highest BCUT2D eigenvalue weighted by molar-refractivity contribution is 5.93. The SMILES string of the molecule is CCOC(=O)/C(C)=C/C(C(C)C)N(C)C(=O)C(NC(=O)C(CC)(CC)NC(C)C)C(C)(C)C. The van der Waals surface area contributed by atoms with Crippen LogP contribution in [0.4, 0.5) is 0 Å². The first-order valence-corrected chi connectivity index (χ1v) is 12.3. The summed E-state index contributed by atoms with van der Waals surface area (Å²) in [6.45, 7) is 21.6. The molecule has 0 spiro atoms. The zero-order valence-electron chi connectivity index (χ0n) is 23.1. The maximum absolute atomic E-state index is 13.7. The molecule has 0 aromatic heterocycles. The van der Waals surface area contributed by atoms with Gasteiger partial charge in [-0.3, -0.25) is 9.59 Å². The number of hydrogen-bond donors (Lipinski definition) is 2. The summed E-state index contributed by atoms with van der Waals surface area (Å²) in [6.07, 6.45) is 3.01. The molecule has 192 valence electrons. The number of nitrogens with one attached hydrogen (secondary N) is 2. The lowest BCUT2D eigenvalue weighted by Gasteiger charge is -2.40. The second kappa shape index (κ2) is 13.1. The normalized spacial score (nSPS) is 14.8. The zero-order valence-corrected chi connectivity index (χ0v) is 23.1. The van der Waals surface area contributed by atoms with Crippen molar-refractivity contribution in [2.24, 2.45) is 11.3 Å². The predicted molar refractivity (Wildman–Crippen MR) is 135 cm³/mol. The van der Waals surface area contributed by atoms with E-state index in [4.69, 9.17) is 4.74 Å². The zero-order chi connectivity index (χ0) is 26.1. The highest BCUT2D eigenvalue weighted by Crippen LogP contribution is 2.26. The second-order valence-corrected chi connectivity index (χ2v) is 10.6. The van der Waals surface area contributed by atoms with Crippen molar-refractivity contribution >= 4 is 17.8 Å². The first-order chi connectivity index (χ1) is 15.1. The van der Waals surface area contributed by atoms with Crippen LogP contribution in [0.5, 0.6) is 0 Å². The van der Waals surface area contributed by atoms with Gasteiger partial charge in [-0.15, -0.1) is 0 Å². The molecule has 7 nitrogen and oxygen atoms in total. The molecule has 2 unspecified atom stereocenters. The van der Waals surface area contributed by atoms with E-state index in [1.807, 2.05) is 62.3 Å². The fourth-order valence-corrected chi connectivity index (χ4v) is 3.98. The summed E-state index contributed by atoms with van der Waals surface area (Å²) < 4.78 is 5.10. The van der Waals surface area contributed by atoms with Gasteiger partial charge in [-0.05, 0) is 51.9 Å². The van der Waals surface area contributed by atoms with Gasteiger partial charge in [0.05, 0.1) is 18.2 Å². The van der Waals surface area contributed by atoms with Gasteiger partial charge in [0.2, 0.25) is 11.8 Å². The van der Waals surface area contributed by atoms with Crippen molar-refractivity contribution in [3.8, 4) is 0 Å². The number of esters is 1. The van der Waals surface area contributed by atoms with Gasteiger partial charge in [-0.2, -0.15) is 0 Å². The molecule has 0 aromatic rings. The van der Waals surface area contributed by atoms with Crippen LogP contribution in [-0.2, 0) is 19.1 Å².